The fraction of sp³-hybridized carbons (Fsp3) is 0.571. The molecular weight excluding hydrogens is 251 g/mol. The van der Waals surface area contributed by atoms with Gasteiger partial charge in [-0.05, 0) is 6.92 Å². The van der Waals surface area contributed by atoms with Crippen LogP contribution in [0.25, 0.3) is 0 Å². The molecule has 0 bridgehead atoms. The lowest BCUT2D eigenvalue weighted by Crippen LogP contribution is -2.36. The van der Waals surface area contributed by atoms with E-state index in [-0.39, 0.29) is 12.1 Å². The molecule has 0 saturated heterocycles. The van der Waals surface area contributed by atoms with Crippen LogP contribution in [0.15, 0.2) is 12.2 Å². The van der Waals surface area contributed by atoms with E-state index in [0.717, 1.165) is 0 Å². The fourth-order valence-electron chi connectivity index (χ4n) is 0.272. The molecule has 0 amide bonds. The Hall–Kier alpha value is -1.09. The summed E-state index contributed by atoms with van der Waals surface area (Å²) in [5.74, 6) is -0.935. The first-order valence-electron chi connectivity index (χ1n) is 3.90. The Bertz CT molecular complexity index is 335. The molecule has 16 heavy (non-hydrogen) atoms. The molecule has 0 saturated carbocycles. The van der Waals surface area contributed by atoms with Crippen molar-refractivity contribution in [3.8, 4) is 0 Å². The van der Waals surface area contributed by atoms with Crippen molar-refractivity contribution in [3.63, 3.8) is 0 Å². The van der Waals surface area contributed by atoms with Gasteiger partial charge in [0.1, 0.15) is 0 Å². The number of aliphatic carboxylic acids is 1. The van der Waals surface area contributed by atoms with Gasteiger partial charge in [0.2, 0.25) is 0 Å². The van der Waals surface area contributed by atoms with Crippen LogP contribution >= 0.6 is 0 Å². The van der Waals surface area contributed by atoms with Crippen LogP contribution in [0.2, 0.25) is 0 Å². The summed E-state index contributed by atoms with van der Waals surface area (Å²) in [6.45, 7) is 5.61. The maximum atomic E-state index is 11.4. The molecule has 2 N–H and O–H groups in total. The van der Waals surface area contributed by atoms with Crippen molar-refractivity contribution >= 4 is 16.0 Å². The normalized spacial score (nSPS) is 11.3. The predicted octanol–water partition coefficient (Wildman–Crippen LogP) is 1.09. The van der Waals surface area contributed by atoms with Crippen LogP contribution in [0.3, 0.4) is 0 Å². The van der Waals surface area contributed by atoms with E-state index in [1.165, 1.54) is 18.6 Å². The molecule has 0 fully saturated rings. The van der Waals surface area contributed by atoms with Crippen LogP contribution in [0.1, 0.15) is 13.8 Å². The van der Waals surface area contributed by atoms with E-state index >= 15 is 0 Å². The van der Waals surface area contributed by atoms with Crippen LogP contribution < -0.4 is 4.72 Å². The highest BCUT2D eigenvalue weighted by molar-refractivity contribution is 7.90. The van der Waals surface area contributed by atoms with Crippen LogP contribution in [0.4, 0.5) is 13.2 Å². The average molecular weight is 263 g/mol. The van der Waals surface area contributed by atoms with Crippen molar-refractivity contribution in [1.29, 1.82) is 0 Å². The number of nitrogens with one attached hydrogen (secondary N) is 1. The molecule has 9 heteroatoms. The Morgan fingerprint density at radius 3 is 1.81 bits per heavy atom. The maximum absolute atomic E-state index is 11.4. The minimum atomic E-state index is -5.19. The first-order chi connectivity index (χ1) is 6.95. The van der Waals surface area contributed by atoms with Gasteiger partial charge >= 0.3 is 21.5 Å². The quantitative estimate of drug-likeness (QED) is 0.747. The van der Waals surface area contributed by atoms with Gasteiger partial charge in [-0.15, -0.1) is 0 Å². The van der Waals surface area contributed by atoms with Crippen molar-refractivity contribution < 1.29 is 31.5 Å². The molecule has 0 aromatic heterocycles. The third-order valence-corrected chi connectivity index (χ3v) is 2.28. The predicted molar refractivity (Wildman–Crippen MR) is 51.1 cm³/mol. The lowest BCUT2D eigenvalue weighted by molar-refractivity contribution is -0.132. The van der Waals surface area contributed by atoms with Gasteiger partial charge < -0.3 is 5.11 Å². The smallest absolute Gasteiger partial charge is 0.478 e. The number of hydrogen-bond acceptors (Lipinski definition) is 3. The van der Waals surface area contributed by atoms with Gasteiger partial charge in [0.15, 0.2) is 0 Å². The van der Waals surface area contributed by atoms with Crippen LogP contribution in [0.5, 0.6) is 0 Å². The average Bonchev–Trinajstić information content (AvgIpc) is 2.02. The molecule has 0 aliphatic carbocycles. The van der Waals surface area contributed by atoms with Gasteiger partial charge in [-0.3, -0.25) is 0 Å². The minimum Gasteiger partial charge on any atom is -0.478 e. The molecule has 0 aromatic rings. The highest BCUT2D eigenvalue weighted by Crippen LogP contribution is 2.20. The summed E-state index contributed by atoms with van der Waals surface area (Å²) in [4.78, 5) is 9.60. The first kappa shape index (κ1) is 17.3. The van der Waals surface area contributed by atoms with Gasteiger partial charge in [0.25, 0.3) is 0 Å². The number of carboxylic acids is 1. The van der Waals surface area contributed by atoms with Gasteiger partial charge in [-0.2, -0.15) is 13.2 Å². The first-order valence-corrected chi connectivity index (χ1v) is 5.38. The van der Waals surface area contributed by atoms with E-state index in [2.05, 4.69) is 6.58 Å². The molecule has 5 nitrogen and oxygen atoms in total. The van der Waals surface area contributed by atoms with Gasteiger partial charge in [-0.1, -0.05) is 13.5 Å². The Labute approximate surface area is 91.0 Å². The van der Waals surface area contributed by atoms with E-state index < -0.39 is 21.5 Å². The Kier molecular flexibility index (Phi) is 7.01. The number of rotatable bonds is 3. The molecule has 0 rings (SSSR count). The van der Waals surface area contributed by atoms with Crippen molar-refractivity contribution in [2.45, 2.75) is 19.4 Å². The van der Waals surface area contributed by atoms with Crippen LogP contribution in [-0.4, -0.2) is 31.5 Å². The second-order valence-electron chi connectivity index (χ2n) is 2.53. The zero-order chi connectivity index (χ0) is 13.6. The van der Waals surface area contributed by atoms with Gasteiger partial charge in [0.05, 0.1) is 0 Å². The highest BCUT2D eigenvalue weighted by Gasteiger charge is 2.45. The van der Waals surface area contributed by atoms with Crippen LogP contribution in [-0.2, 0) is 14.8 Å². The third-order valence-electron chi connectivity index (χ3n) is 1.00. The number of carbonyl (C=O) groups is 1. The molecule has 0 aliphatic heterocycles. The van der Waals surface area contributed by atoms with Crippen molar-refractivity contribution in [2.24, 2.45) is 0 Å². The summed E-state index contributed by atoms with van der Waals surface area (Å²) in [5, 5.41) is 7.89. The molecule has 0 aliphatic rings. The highest BCUT2D eigenvalue weighted by atomic mass is 32.2. The number of carboxylic acid groups (broad SMARTS) is 1. The van der Waals surface area contributed by atoms with E-state index in [1.807, 2.05) is 0 Å². The molecule has 0 unspecified atom stereocenters. The fourth-order valence-corrected chi connectivity index (χ4v) is 0.816. The number of alkyl halides is 3. The molecule has 0 spiro atoms. The van der Waals surface area contributed by atoms with E-state index in [4.69, 9.17) is 5.11 Å². The third kappa shape index (κ3) is 7.23. The lowest BCUT2D eigenvalue weighted by Gasteiger charge is -2.06. The zero-order valence-corrected chi connectivity index (χ0v) is 9.44. The summed E-state index contributed by atoms with van der Waals surface area (Å²) in [5.41, 5.74) is -5.02. The van der Waals surface area contributed by atoms with E-state index in [9.17, 15) is 26.4 Å². The van der Waals surface area contributed by atoms with Crippen molar-refractivity contribution in [3.05, 3.63) is 12.2 Å². The second-order valence-corrected chi connectivity index (χ2v) is 4.29. The van der Waals surface area contributed by atoms with Gasteiger partial charge in [-0.25, -0.2) is 17.9 Å². The zero-order valence-electron chi connectivity index (χ0n) is 8.63. The Balaban J connectivity index is 0. The standard InChI is InChI=1S/C4H6O2.C3H6F3NO2S/c1-3(2)4(5)6;1-2-7-10(8,9)3(4,5)6/h1H2,2H3,(H,5,6);7H,2H2,1H3. The molecule has 0 heterocycles. The Morgan fingerprint density at radius 1 is 1.44 bits per heavy atom. The monoisotopic (exact) mass is 263 g/mol. The Morgan fingerprint density at radius 2 is 1.75 bits per heavy atom. The second kappa shape index (κ2) is 6.48. The summed E-state index contributed by atoms with van der Waals surface area (Å²) in [7, 11) is -5.10. The summed E-state index contributed by atoms with van der Waals surface area (Å²) < 4.78 is 55.5. The molecule has 0 radical (unpaired) electrons. The number of halogens is 3. The van der Waals surface area contributed by atoms with E-state index in [0.29, 0.717) is 0 Å². The molecule has 0 atom stereocenters. The van der Waals surface area contributed by atoms with Crippen LogP contribution in [0, 0.1) is 0 Å². The molecule has 96 valence electrons. The number of hydrogen-bond donors (Lipinski definition) is 2. The summed E-state index contributed by atoms with van der Waals surface area (Å²) >= 11 is 0. The van der Waals surface area contributed by atoms with Crippen molar-refractivity contribution in [2.75, 3.05) is 6.54 Å². The van der Waals surface area contributed by atoms with Gasteiger partial charge in [0, 0.05) is 12.1 Å². The largest absolute Gasteiger partial charge is 0.511 e. The topological polar surface area (TPSA) is 83.5 Å². The summed E-state index contributed by atoms with van der Waals surface area (Å²) in [6.07, 6.45) is 0. The molecular formula is C7H12F3NO4S. The lowest BCUT2D eigenvalue weighted by atomic mass is 10.4. The minimum absolute atomic E-state index is 0.176. The SMILES string of the molecule is C=C(C)C(=O)O.CCNS(=O)(=O)C(F)(F)F. The maximum Gasteiger partial charge on any atom is 0.511 e. The van der Waals surface area contributed by atoms with Crippen molar-refractivity contribution in [1.82, 2.24) is 4.72 Å². The molecule has 0 aromatic carbocycles. The summed E-state index contributed by atoms with van der Waals surface area (Å²) in [6, 6.07) is 0. The number of sulfonamides is 1. The van der Waals surface area contributed by atoms with E-state index in [1.54, 1.807) is 0 Å².